The van der Waals surface area contributed by atoms with Gasteiger partial charge in [-0.05, 0) is 66.6 Å². The third-order valence-electron chi connectivity index (χ3n) is 5.96. The van der Waals surface area contributed by atoms with Crippen LogP contribution in [0.2, 0.25) is 5.02 Å². The Morgan fingerprint density at radius 1 is 1.07 bits per heavy atom. The molecular formula is C22H21ClFNO3. The Labute approximate surface area is 168 Å². The minimum atomic E-state index is -0.924. The summed E-state index contributed by atoms with van der Waals surface area (Å²) in [6.45, 7) is 0. The SMILES string of the molecule is COC1CCC2(CC1)NC(=O)C(c1cc(-c3ccc(F)cc3)ccc1Cl)C2=O. The van der Waals surface area contributed by atoms with E-state index in [4.69, 9.17) is 16.3 Å². The van der Waals surface area contributed by atoms with E-state index in [0.29, 0.717) is 23.4 Å². The van der Waals surface area contributed by atoms with Crippen molar-refractivity contribution >= 4 is 23.3 Å². The van der Waals surface area contributed by atoms with Crippen molar-refractivity contribution in [3.63, 3.8) is 0 Å². The topological polar surface area (TPSA) is 55.4 Å². The lowest BCUT2D eigenvalue weighted by Crippen LogP contribution is -2.50. The van der Waals surface area contributed by atoms with Crippen molar-refractivity contribution in [2.24, 2.45) is 0 Å². The number of ketones is 1. The summed E-state index contributed by atoms with van der Waals surface area (Å²) < 4.78 is 18.6. The number of nitrogens with one attached hydrogen (secondary N) is 1. The van der Waals surface area contributed by atoms with Crippen molar-refractivity contribution < 1.29 is 18.7 Å². The molecule has 1 N–H and O–H groups in total. The van der Waals surface area contributed by atoms with Crippen LogP contribution < -0.4 is 5.32 Å². The summed E-state index contributed by atoms with van der Waals surface area (Å²) in [6.07, 6.45) is 2.74. The molecule has 2 aliphatic rings. The molecule has 1 aliphatic carbocycles. The molecule has 1 saturated carbocycles. The average molecular weight is 402 g/mol. The van der Waals surface area contributed by atoms with Crippen LogP contribution in [-0.2, 0) is 14.3 Å². The minimum Gasteiger partial charge on any atom is -0.381 e. The summed E-state index contributed by atoms with van der Waals surface area (Å²) in [5.41, 5.74) is 1.24. The van der Waals surface area contributed by atoms with Crippen LogP contribution in [0.25, 0.3) is 11.1 Å². The molecule has 0 radical (unpaired) electrons. The molecule has 1 spiro atoms. The maximum absolute atomic E-state index is 13.3. The first kappa shape index (κ1) is 19.1. The van der Waals surface area contributed by atoms with Crippen molar-refractivity contribution in [2.75, 3.05) is 7.11 Å². The molecule has 1 atom stereocenters. The second-order valence-corrected chi connectivity index (χ2v) is 7.95. The molecule has 28 heavy (non-hydrogen) atoms. The highest BCUT2D eigenvalue weighted by Gasteiger charge is 2.54. The molecule has 4 nitrogen and oxygen atoms in total. The Balaban J connectivity index is 1.67. The molecule has 2 aromatic rings. The number of carbonyl (C=O) groups excluding carboxylic acids is 2. The van der Waals surface area contributed by atoms with E-state index in [9.17, 15) is 14.0 Å². The zero-order chi connectivity index (χ0) is 19.9. The number of methoxy groups -OCH3 is 1. The van der Waals surface area contributed by atoms with Crippen molar-refractivity contribution in [3.8, 4) is 11.1 Å². The summed E-state index contributed by atoms with van der Waals surface area (Å²) in [7, 11) is 1.67. The van der Waals surface area contributed by atoms with Crippen LogP contribution in [0.15, 0.2) is 42.5 Å². The van der Waals surface area contributed by atoms with Gasteiger partial charge >= 0.3 is 0 Å². The Morgan fingerprint density at radius 3 is 2.36 bits per heavy atom. The fraction of sp³-hybridized carbons (Fsp3) is 0.364. The lowest BCUT2D eigenvalue weighted by Gasteiger charge is -2.35. The van der Waals surface area contributed by atoms with Gasteiger partial charge < -0.3 is 10.1 Å². The summed E-state index contributed by atoms with van der Waals surface area (Å²) in [5.74, 6) is -1.67. The van der Waals surface area contributed by atoms with Crippen molar-refractivity contribution in [1.82, 2.24) is 5.32 Å². The predicted molar refractivity (Wildman–Crippen MR) is 105 cm³/mol. The molecule has 1 unspecified atom stereocenters. The fourth-order valence-electron chi connectivity index (χ4n) is 4.33. The lowest BCUT2D eigenvalue weighted by molar-refractivity contribution is -0.126. The number of hydrogen-bond acceptors (Lipinski definition) is 3. The second kappa shape index (κ2) is 7.30. The van der Waals surface area contributed by atoms with Gasteiger partial charge in [-0.3, -0.25) is 9.59 Å². The van der Waals surface area contributed by atoms with Gasteiger partial charge in [0, 0.05) is 12.1 Å². The third-order valence-corrected chi connectivity index (χ3v) is 6.31. The Kier molecular flexibility index (Phi) is 4.98. The smallest absolute Gasteiger partial charge is 0.236 e. The van der Waals surface area contributed by atoms with Gasteiger partial charge in [0.1, 0.15) is 11.7 Å². The highest BCUT2D eigenvalue weighted by Crippen LogP contribution is 2.42. The van der Waals surface area contributed by atoms with E-state index >= 15 is 0 Å². The number of hydrogen-bond donors (Lipinski definition) is 1. The Morgan fingerprint density at radius 2 is 1.71 bits per heavy atom. The molecule has 2 aromatic carbocycles. The first-order valence-corrected chi connectivity index (χ1v) is 9.76. The van der Waals surface area contributed by atoms with Gasteiger partial charge in [0.25, 0.3) is 0 Å². The monoisotopic (exact) mass is 401 g/mol. The molecule has 146 valence electrons. The zero-order valence-corrected chi connectivity index (χ0v) is 16.3. The highest BCUT2D eigenvalue weighted by molar-refractivity contribution is 6.33. The normalized spacial score (nSPS) is 27.2. The molecule has 1 amide bonds. The van der Waals surface area contributed by atoms with E-state index in [1.807, 2.05) is 0 Å². The minimum absolute atomic E-state index is 0.120. The van der Waals surface area contributed by atoms with Crippen LogP contribution >= 0.6 is 11.6 Å². The van der Waals surface area contributed by atoms with Gasteiger partial charge in [-0.25, -0.2) is 4.39 Å². The predicted octanol–water partition coefficient (Wildman–Crippen LogP) is 4.26. The fourth-order valence-corrected chi connectivity index (χ4v) is 4.55. The molecular weight excluding hydrogens is 381 g/mol. The van der Waals surface area contributed by atoms with E-state index in [-0.39, 0.29) is 23.6 Å². The lowest BCUT2D eigenvalue weighted by atomic mass is 9.76. The number of halogens is 2. The first-order chi connectivity index (χ1) is 13.4. The molecule has 1 aliphatic heterocycles. The van der Waals surface area contributed by atoms with Gasteiger partial charge in [0.05, 0.1) is 11.6 Å². The standard InChI is InChI=1S/C22H21ClFNO3/c1-28-16-8-10-22(11-9-16)20(26)19(21(27)25-22)17-12-14(4-7-18(17)23)13-2-5-15(24)6-3-13/h2-7,12,16,19H,8-11H2,1H3,(H,25,27). The number of carbonyl (C=O) groups is 2. The van der Waals surface area contributed by atoms with Crippen molar-refractivity contribution in [2.45, 2.75) is 43.2 Å². The van der Waals surface area contributed by atoms with Gasteiger partial charge in [0.2, 0.25) is 5.91 Å². The van der Waals surface area contributed by atoms with Gasteiger partial charge in [0.15, 0.2) is 5.78 Å². The van der Waals surface area contributed by atoms with Crippen LogP contribution in [0.3, 0.4) is 0 Å². The van der Waals surface area contributed by atoms with E-state index in [1.165, 1.54) is 12.1 Å². The van der Waals surface area contributed by atoms with Crippen LogP contribution in [0.1, 0.15) is 37.2 Å². The van der Waals surface area contributed by atoms with E-state index in [2.05, 4.69) is 5.32 Å². The molecule has 0 aromatic heterocycles. The Bertz CT molecular complexity index is 920. The molecule has 0 bridgehead atoms. The molecule has 2 fully saturated rings. The first-order valence-electron chi connectivity index (χ1n) is 9.38. The van der Waals surface area contributed by atoms with E-state index < -0.39 is 11.5 Å². The molecule has 6 heteroatoms. The summed E-state index contributed by atoms with van der Waals surface area (Å²) in [6, 6.07) is 11.3. The second-order valence-electron chi connectivity index (χ2n) is 7.55. The summed E-state index contributed by atoms with van der Waals surface area (Å²) in [5, 5.41) is 3.33. The van der Waals surface area contributed by atoms with Gasteiger partial charge in [-0.15, -0.1) is 0 Å². The van der Waals surface area contributed by atoms with Crippen molar-refractivity contribution in [3.05, 3.63) is 58.9 Å². The number of benzene rings is 2. The average Bonchev–Trinajstić information content (AvgIpc) is 2.93. The quantitative estimate of drug-likeness (QED) is 0.782. The van der Waals surface area contributed by atoms with Crippen LogP contribution in [0, 0.1) is 5.82 Å². The maximum Gasteiger partial charge on any atom is 0.236 e. The largest absolute Gasteiger partial charge is 0.381 e. The Hall–Kier alpha value is -2.24. The number of Topliss-reactive ketones (excluding diaryl/α,β-unsaturated/α-hetero) is 1. The van der Waals surface area contributed by atoms with Crippen LogP contribution in [0.5, 0.6) is 0 Å². The molecule has 1 heterocycles. The highest BCUT2D eigenvalue weighted by atomic mass is 35.5. The number of rotatable bonds is 3. The van der Waals surface area contributed by atoms with E-state index in [1.54, 1.807) is 37.4 Å². The van der Waals surface area contributed by atoms with Crippen molar-refractivity contribution in [1.29, 1.82) is 0 Å². The van der Waals surface area contributed by atoms with E-state index in [0.717, 1.165) is 24.0 Å². The van der Waals surface area contributed by atoms with Gasteiger partial charge in [-0.1, -0.05) is 29.8 Å². The zero-order valence-electron chi connectivity index (χ0n) is 15.5. The molecule has 1 saturated heterocycles. The van der Waals surface area contributed by atoms with Gasteiger partial charge in [-0.2, -0.15) is 0 Å². The third kappa shape index (κ3) is 3.23. The van der Waals surface area contributed by atoms with Crippen LogP contribution in [0.4, 0.5) is 4.39 Å². The molecule has 4 rings (SSSR count). The maximum atomic E-state index is 13.3. The number of ether oxygens (including phenoxy) is 1. The summed E-state index contributed by atoms with van der Waals surface area (Å²) >= 11 is 6.38. The number of amides is 1. The van der Waals surface area contributed by atoms with Crippen LogP contribution in [-0.4, -0.2) is 30.4 Å². The summed E-state index contributed by atoms with van der Waals surface area (Å²) in [4.78, 5) is 26.1.